The molecule has 7 nitrogen and oxygen atoms in total. The van der Waals surface area contributed by atoms with Crippen molar-refractivity contribution in [1.82, 2.24) is 9.97 Å². The molecule has 0 aliphatic carbocycles. The van der Waals surface area contributed by atoms with Crippen LogP contribution in [-0.4, -0.2) is 28.5 Å². The summed E-state index contributed by atoms with van der Waals surface area (Å²) in [5, 5.41) is 16.9. The predicted molar refractivity (Wildman–Crippen MR) is 84.6 cm³/mol. The van der Waals surface area contributed by atoms with Gasteiger partial charge < -0.3 is 10.6 Å². The topological polar surface area (TPSA) is 93.0 Å². The lowest BCUT2D eigenvalue weighted by Crippen LogP contribution is -2.24. The van der Waals surface area contributed by atoms with Gasteiger partial charge in [-0.1, -0.05) is 40.0 Å². The van der Waals surface area contributed by atoms with E-state index in [1.807, 2.05) is 0 Å². The predicted octanol–water partition coefficient (Wildman–Crippen LogP) is 3.44. The number of nitro groups is 1. The Morgan fingerprint density at radius 3 is 2.67 bits per heavy atom. The van der Waals surface area contributed by atoms with E-state index in [9.17, 15) is 10.1 Å². The molecule has 21 heavy (non-hydrogen) atoms. The van der Waals surface area contributed by atoms with Crippen LogP contribution in [0, 0.1) is 15.5 Å². The Morgan fingerprint density at radius 1 is 1.38 bits per heavy atom. The first-order valence-electron chi connectivity index (χ1n) is 7.32. The Bertz CT molecular complexity index is 476. The summed E-state index contributed by atoms with van der Waals surface area (Å²) in [4.78, 5) is 18.6. The number of hydrogen-bond donors (Lipinski definition) is 2. The molecule has 118 valence electrons. The first kappa shape index (κ1) is 17.1. The molecule has 0 spiro atoms. The standard InChI is InChI=1S/C14H25N5O2/c1-5-6-7-8-14(2,3)10-17-12-11(19(20)21)9-16-13(15-4)18-12/h9H,5-8,10H2,1-4H3,(H2,15,16,17,18). The number of rotatable bonds is 9. The normalized spacial score (nSPS) is 11.2. The highest BCUT2D eigenvalue weighted by Crippen LogP contribution is 2.27. The van der Waals surface area contributed by atoms with Gasteiger partial charge in [0.1, 0.15) is 6.20 Å². The van der Waals surface area contributed by atoms with E-state index in [-0.39, 0.29) is 16.9 Å². The summed E-state index contributed by atoms with van der Waals surface area (Å²) in [5.41, 5.74) is -0.0355. The van der Waals surface area contributed by atoms with Crippen LogP contribution in [0.4, 0.5) is 17.5 Å². The molecule has 2 N–H and O–H groups in total. The maximum absolute atomic E-state index is 11.0. The quantitative estimate of drug-likeness (QED) is 0.412. The van der Waals surface area contributed by atoms with Gasteiger partial charge >= 0.3 is 5.69 Å². The molecule has 0 bridgehead atoms. The van der Waals surface area contributed by atoms with Crippen molar-refractivity contribution in [3.63, 3.8) is 0 Å². The smallest absolute Gasteiger partial charge is 0.329 e. The second-order valence-corrected chi connectivity index (χ2v) is 5.91. The summed E-state index contributed by atoms with van der Waals surface area (Å²) in [6, 6.07) is 0. The van der Waals surface area contributed by atoms with Crippen molar-refractivity contribution < 1.29 is 4.92 Å². The second-order valence-electron chi connectivity index (χ2n) is 5.91. The maximum Gasteiger partial charge on any atom is 0.329 e. The molecule has 0 aliphatic heterocycles. The molecule has 7 heteroatoms. The highest BCUT2D eigenvalue weighted by atomic mass is 16.6. The molecular weight excluding hydrogens is 270 g/mol. The van der Waals surface area contributed by atoms with Gasteiger partial charge in [0.2, 0.25) is 11.8 Å². The van der Waals surface area contributed by atoms with Gasteiger partial charge in [-0.05, 0) is 11.8 Å². The minimum atomic E-state index is -0.466. The number of unbranched alkanes of at least 4 members (excludes halogenated alkanes) is 2. The summed E-state index contributed by atoms with van der Waals surface area (Å²) >= 11 is 0. The average molecular weight is 295 g/mol. The molecule has 1 aromatic heterocycles. The molecule has 0 saturated carbocycles. The fourth-order valence-corrected chi connectivity index (χ4v) is 2.02. The van der Waals surface area contributed by atoms with E-state index in [1.165, 1.54) is 25.5 Å². The maximum atomic E-state index is 11.0. The minimum Gasteiger partial charge on any atom is -0.364 e. The Labute approximate surface area is 125 Å². The van der Waals surface area contributed by atoms with Crippen LogP contribution >= 0.6 is 0 Å². The largest absolute Gasteiger partial charge is 0.364 e. The lowest BCUT2D eigenvalue weighted by molar-refractivity contribution is -0.384. The number of hydrogen-bond acceptors (Lipinski definition) is 6. The van der Waals surface area contributed by atoms with Crippen molar-refractivity contribution in [2.75, 3.05) is 24.2 Å². The first-order valence-corrected chi connectivity index (χ1v) is 7.32. The van der Waals surface area contributed by atoms with Gasteiger partial charge in [-0.3, -0.25) is 10.1 Å². The molecule has 0 atom stereocenters. The third-order valence-corrected chi connectivity index (χ3v) is 3.38. The van der Waals surface area contributed by atoms with Crippen molar-refractivity contribution in [1.29, 1.82) is 0 Å². The van der Waals surface area contributed by atoms with Gasteiger partial charge in [-0.25, -0.2) is 4.98 Å². The number of anilines is 2. The highest BCUT2D eigenvalue weighted by molar-refractivity contribution is 5.56. The zero-order valence-electron chi connectivity index (χ0n) is 13.3. The van der Waals surface area contributed by atoms with Gasteiger partial charge in [-0.2, -0.15) is 4.98 Å². The monoisotopic (exact) mass is 295 g/mol. The molecule has 1 aromatic rings. The summed E-state index contributed by atoms with van der Waals surface area (Å²) in [6.07, 6.45) is 5.86. The third-order valence-electron chi connectivity index (χ3n) is 3.38. The zero-order chi connectivity index (χ0) is 15.9. The first-order chi connectivity index (χ1) is 9.89. The van der Waals surface area contributed by atoms with Crippen LogP contribution in [0.25, 0.3) is 0 Å². The highest BCUT2D eigenvalue weighted by Gasteiger charge is 2.21. The van der Waals surface area contributed by atoms with E-state index in [4.69, 9.17) is 0 Å². The summed E-state index contributed by atoms with van der Waals surface area (Å²) in [5.74, 6) is 0.634. The molecule has 0 radical (unpaired) electrons. The van der Waals surface area contributed by atoms with E-state index in [0.717, 1.165) is 6.42 Å². The number of nitrogens with zero attached hydrogens (tertiary/aromatic N) is 3. The van der Waals surface area contributed by atoms with E-state index in [1.54, 1.807) is 7.05 Å². The van der Waals surface area contributed by atoms with Gasteiger partial charge in [0.25, 0.3) is 0 Å². The summed E-state index contributed by atoms with van der Waals surface area (Å²) in [6.45, 7) is 7.12. The van der Waals surface area contributed by atoms with Gasteiger partial charge in [-0.15, -0.1) is 0 Å². The molecular formula is C14H25N5O2. The number of aromatic nitrogens is 2. The average Bonchev–Trinajstić information content (AvgIpc) is 2.45. The molecule has 0 fully saturated rings. The zero-order valence-corrected chi connectivity index (χ0v) is 13.3. The SMILES string of the molecule is CCCCCC(C)(C)CNc1nc(NC)ncc1[N+](=O)[O-]. The third kappa shape index (κ3) is 5.53. The Hall–Kier alpha value is -1.92. The van der Waals surface area contributed by atoms with Gasteiger partial charge in [0, 0.05) is 13.6 Å². The molecule has 0 aliphatic rings. The molecule has 1 rings (SSSR count). The van der Waals surface area contributed by atoms with Crippen molar-refractivity contribution >= 4 is 17.5 Å². The molecule has 0 aromatic carbocycles. The fraction of sp³-hybridized carbons (Fsp3) is 0.714. The molecule has 0 amide bonds. The summed E-state index contributed by atoms with van der Waals surface area (Å²) < 4.78 is 0. The molecule has 0 saturated heterocycles. The van der Waals surface area contributed by atoms with Gasteiger partial charge in [0.05, 0.1) is 4.92 Å². The number of nitrogens with one attached hydrogen (secondary N) is 2. The van der Waals surface area contributed by atoms with Crippen molar-refractivity contribution in [3.05, 3.63) is 16.3 Å². The van der Waals surface area contributed by atoms with E-state index in [0.29, 0.717) is 12.5 Å². The van der Waals surface area contributed by atoms with Crippen LogP contribution in [-0.2, 0) is 0 Å². The van der Waals surface area contributed by atoms with Crippen LogP contribution < -0.4 is 10.6 Å². The fourth-order valence-electron chi connectivity index (χ4n) is 2.02. The lowest BCUT2D eigenvalue weighted by atomic mass is 9.87. The second kappa shape index (κ2) is 7.75. The molecule has 1 heterocycles. The van der Waals surface area contributed by atoms with Crippen LogP contribution in [0.15, 0.2) is 6.20 Å². The minimum absolute atomic E-state index is 0.0633. The van der Waals surface area contributed by atoms with Crippen LogP contribution in [0.3, 0.4) is 0 Å². The Kier molecular flexibility index (Phi) is 6.33. The van der Waals surface area contributed by atoms with Crippen molar-refractivity contribution in [3.8, 4) is 0 Å². The van der Waals surface area contributed by atoms with Crippen LogP contribution in [0.2, 0.25) is 0 Å². The van der Waals surface area contributed by atoms with E-state index < -0.39 is 4.92 Å². The lowest BCUT2D eigenvalue weighted by Gasteiger charge is -2.25. The van der Waals surface area contributed by atoms with E-state index >= 15 is 0 Å². The summed E-state index contributed by atoms with van der Waals surface area (Å²) in [7, 11) is 1.68. The molecule has 0 unspecified atom stereocenters. The van der Waals surface area contributed by atoms with E-state index in [2.05, 4.69) is 41.4 Å². The Morgan fingerprint density at radius 2 is 2.10 bits per heavy atom. The Balaban J connectivity index is 2.74. The van der Waals surface area contributed by atoms with Crippen molar-refractivity contribution in [2.45, 2.75) is 46.5 Å². The van der Waals surface area contributed by atoms with Gasteiger partial charge in [0.15, 0.2) is 0 Å². The van der Waals surface area contributed by atoms with Crippen LogP contribution in [0.5, 0.6) is 0 Å². The van der Waals surface area contributed by atoms with Crippen LogP contribution in [0.1, 0.15) is 46.5 Å². The van der Waals surface area contributed by atoms with Crippen molar-refractivity contribution in [2.24, 2.45) is 5.41 Å².